The molecule has 0 radical (unpaired) electrons. The molecule has 0 amide bonds. The Morgan fingerprint density at radius 3 is 2.81 bits per heavy atom. The van der Waals surface area contributed by atoms with Gasteiger partial charge in [0.2, 0.25) is 0 Å². The molecule has 1 aromatic heterocycles. The molecule has 1 atom stereocenters. The zero-order valence-electron chi connectivity index (χ0n) is 11.5. The smallest absolute Gasteiger partial charge is 0.126 e. The minimum atomic E-state index is 0. The van der Waals surface area contributed by atoms with Gasteiger partial charge in [-0.2, -0.15) is 0 Å². The molecule has 0 bridgehead atoms. The zero-order valence-corrected chi connectivity index (χ0v) is 14.7. The molecular weight excluding hydrogens is 349 g/mol. The third-order valence-corrected chi connectivity index (χ3v) is 5.14. The van der Waals surface area contributed by atoms with Crippen LogP contribution in [-0.4, -0.2) is 18.5 Å². The normalized spacial score (nSPS) is 18.5. The molecule has 2 nitrogen and oxygen atoms in total. The summed E-state index contributed by atoms with van der Waals surface area (Å²) in [5.41, 5.74) is 1.30. The van der Waals surface area contributed by atoms with E-state index < -0.39 is 0 Å². The topological polar surface area (TPSA) is 12.5 Å². The second kappa shape index (κ2) is 7.21. The summed E-state index contributed by atoms with van der Waals surface area (Å²) in [6, 6.07) is 7.59. The number of thiophene rings is 1. The van der Waals surface area contributed by atoms with Crippen LogP contribution in [0.2, 0.25) is 10.0 Å². The summed E-state index contributed by atoms with van der Waals surface area (Å²) in [6.45, 7) is 2.02. The van der Waals surface area contributed by atoms with Crippen molar-refractivity contribution in [3.05, 3.63) is 50.1 Å². The van der Waals surface area contributed by atoms with Gasteiger partial charge in [-0.3, -0.25) is 0 Å². The highest BCUT2D eigenvalue weighted by Gasteiger charge is 2.23. The number of hydrogen-bond donors (Lipinski definition) is 0. The van der Waals surface area contributed by atoms with Gasteiger partial charge in [-0.25, -0.2) is 0 Å². The Balaban J connectivity index is 0.00000161. The number of fused-ring (bicyclic) bond motifs is 1. The summed E-state index contributed by atoms with van der Waals surface area (Å²) >= 11 is 13.8. The molecule has 1 aromatic carbocycles. The Hall–Kier alpha value is -0.450. The lowest BCUT2D eigenvalue weighted by Gasteiger charge is -2.18. The monoisotopic (exact) mass is 363 g/mol. The van der Waals surface area contributed by atoms with E-state index in [4.69, 9.17) is 27.9 Å². The molecule has 1 unspecified atom stereocenters. The predicted octanol–water partition coefficient (Wildman–Crippen LogP) is 5.43. The van der Waals surface area contributed by atoms with E-state index in [2.05, 4.69) is 23.4 Å². The van der Waals surface area contributed by atoms with E-state index in [1.165, 1.54) is 10.4 Å². The van der Waals surface area contributed by atoms with Gasteiger partial charge in [-0.05, 0) is 30.6 Å². The van der Waals surface area contributed by atoms with Gasteiger partial charge in [0.15, 0.2) is 0 Å². The van der Waals surface area contributed by atoms with Crippen LogP contribution < -0.4 is 4.74 Å². The van der Waals surface area contributed by atoms with E-state index >= 15 is 0 Å². The number of benzene rings is 1. The average molecular weight is 365 g/mol. The fraction of sp³-hybridized carbons (Fsp3) is 0.333. The minimum Gasteiger partial charge on any atom is -0.486 e. The van der Waals surface area contributed by atoms with E-state index in [0.717, 1.165) is 25.3 Å². The summed E-state index contributed by atoms with van der Waals surface area (Å²) in [5, 5.41) is 3.21. The number of rotatable bonds is 2. The minimum absolute atomic E-state index is 0. The lowest BCUT2D eigenvalue weighted by Crippen LogP contribution is -2.17. The predicted molar refractivity (Wildman–Crippen MR) is 92.3 cm³/mol. The highest BCUT2D eigenvalue weighted by Crippen LogP contribution is 2.35. The van der Waals surface area contributed by atoms with Crippen LogP contribution in [0.5, 0.6) is 5.75 Å². The molecule has 2 heterocycles. The zero-order chi connectivity index (χ0) is 14.1. The van der Waals surface area contributed by atoms with Gasteiger partial charge in [0.25, 0.3) is 0 Å². The number of ether oxygens (including phenoxy) is 1. The summed E-state index contributed by atoms with van der Waals surface area (Å²) in [5.74, 6) is 0.770. The maximum Gasteiger partial charge on any atom is 0.126 e. The Kier molecular flexibility index (Phi) is 5.81. The Bertz CT molecular complexity index is 617. The molecule has 0 saturated heterocycles. The van der Waals surface area contributed by atoms with Crippen molar-refractivity contribution < 1.29 is 4.74 Å². The third-order valence-electron chi connectivity index (χ3n) is 3.48. The van der Waals surface area contributed by atoms with E-state index in [1.807, 2.05) is 6.07 Å². The maximum absolute atomic E-state index is 6.14. The van der Waals surface area contributed by atoms with Crippen molar-refractivity contribution in [3.63, 3.8) is 0 Å². The van der Waals surface area contributed by atoms with Crippen molar-refractivity contribution in [2.75, 3.05) is 13.6 Å². The van der Waals surface area contributed by atoms with Gasteiger partial charge in [0.1, 0.15) is 11.9 Å². The first-order chi connectivity index (χ1) is 9.63. The van der Waals surface area contributed by atoms with E-state index in [0.29, 0.717) is 10.0 Å². The number of halogens is 3. The van der Waals surface area contributed by atoms with Gasteiger partial charge in [0.05, 0.1) is 10.0 Å². The van der Waals surface area contributed by atoms with Crippen LogP contribution in [0.1, 0.15) is 23.0 Å². The summed E-state index contributed by atoms with van der Waals surface area (Å²) in [6.07, 6.45) is 1.05. The van der Waals surface area contributed by atoms with E-state index in [1.54, 1.807) is 23.5 Å². The van der Waals surface area contributed by atoms with Crippen molar-refractivity contribution in [1.29, 1.82) is 0 Å². The molecule has 1 aliphatic heterocycles. The Labute approximate surface area is 145 Å². The van der Waals surface area contributed by atoms with Crippen molar-refractivity contribution in [3.8, 4) is 5.75 Å². The van der Waals surface area contributed by atoms with Gasteiger partial charge in [-0.15, -0.1) is 23.7 Å². The molecule has 0 aliphatic carbocycles. The standard InChI is InChI=1S/C15H15Cl2NOS.ClH/c1-18-6-4-14(11-5-7-20-15(11)9-18)19-10-2-3-12(16)13(17)8-10;/h2-3,5,7-8,14H,4,6,9H2,1H3;1H. The lowest BCUT2D eigenvalue weighted by molar-refractivity contribution is 0.182. The fourth-order valence-electron chi connectivity index (χ4n) is 2.42. The van der Waals surface area contributed by atoms with Crippen LogP contribution in [0.25, 0.3) is 0 Å². The molecule has 2 aromatic rings. The second-order valence-electron chi connectivity index (χ2n) is 5.01. The highest BCUT2D eigenvalue weighted by molar-refractivity contribution is 7.10. The highest BCUT2D eigenvalue weighted by atomic mass is 35.5. The summed E-state index contributed by atoms with van der Waals surface area (Å²) < 4.78 is 6.14. The first kappa shape index (κ1) is 16.9. The molecule has 0 saturated carbocycles. The van der Waals surface area contributed by atoms with Crippen molar-refractivity contribution in [2.24, 2.45) is 0 Å². The molecule has 1 aliphatic rings. The van der Waals surface area contributed by atoms with Gasteiger partial charge >= 0.3 is 0 Å². The second-order valence-corrected chi connectivity index (χ2v) is 6.82. The van der Waals surface area contributed by atoms with Crippen LogP contribution >= 0.6 is 46.9 Å². The van der Waals surface area contributed by atoms with Crippen LogP contribution in [0.3, 0.4) is 0 Å². The molecule has 21 heavy (non-hydrogen) atoms. The van der Waals surface area contributed by atoms with E-state index in [-0.39, 0.29) is 18.5 Å². The number of hydrogen-bond acceptors (Lipinski definition) is 3. The van der Waals surface area contributed by atoms with Gasteiger partial charge in [-0.1, -0.05) is 23.2 Å². The van der Waals surface area contributed by atoms with Crippen LogP contribution in [0.15, 0.2) is 29.6 Å². The third kappa shape index (κ3) is 3.85. The van der Waals surface area contributed by atoms with Crippen LogP contribution in [-0.2, 0) is 6.54 Å². The summed E-state index contributed by atoms with van der Waals surface area (Å²) in [7, 11) is 2.14. The average Bonchev–Trinajstić information content (AvgIpc) is 2.81. The van der Waals surface area contributed by atoms with Crippen LogP contribution in [0, 0.1) is 0 Å². The molecule has 0 spiro atoms. The van der Waals surface area contributed by atoms with Crippen LogP contribution in [0.4, 0.5) is 0 Å². The molecule has 0 N–H and O–H groups in total. The SMILES string of the molecule is CN1CCC(Oc2ccc(Cl)c(Cl)c2)c2ccsc2C1.Cl. The van der Waals surface area contributed by atoms with Crippen molar-refractivity contribution >= 4 is 46.9 Å². The molecule has 6 heteroatoms. The molecule has 3 rings (SSSR count). The maximum atomic E-state index is 6.14. The largest absolute Gasteiger partial charge is 0.486 e. The van der Waals surface area contributed by atoms with Gasteiger partial charge in [0, 0.05) is 36.0 Å². The molecular formula is C15H16Cl3NOS. The Morgan fingerprint density at radius 2 is 2.05 bits per heavy atom. The molecule has 0 fully saturated rings. The summed E-state index contributed by atoms with van der Waals surface area (Å²) in [4.78, 5) is 3.71. The van der Waals surface area contributed by atoms with Gasteiger partial charge < -0.3 is 9.64 Å². The van der Waals surface area contributed by atoms with Crippen molar-refractivity contribution in [1.82, 2.24) is 4.90 Å². The molecule has 114 valence electrons. The Morgan fingerprint density at radius 1 is 1.24 bits per heavy atom. The number of nitrogens with zero attached hydrogens (tertiary/aromatic N) is 1. The lowest BCUT2D eigenvalue weighted by atomic mass is 10.1. The van der Waals surface area contributed by atoms with Crippen molar-refractivity contribution in [2.45, 2.75) is 19.1 Å². The fourth-order valence-corrected chi connectivity index (χ4v) is 3.72. The van der Waals surface area contributed by atoms with E-state index in [9.17, 15) is 0 Å². The first-order valence-electron chi connectivity index (χ1n) is 6.50. The first-order valence-corrected chi connectivity index (χ1v) is 8.13. The quantitative estimate of drug-likeness (QED) is 0.704.